The lowest BCUT2D eigenvalue weighted by Crippen LogP contribution is -2.39. The van der Waals surface area contributed by atoms with Gasteiger partial charge in [0.05, 0.1) is 25.5 Å². The molecule has 7 nitrogen and oxygen atoms in total. The van der Waals surface area contributed by atoms with Crippen molar-refractivity contribution >= 4 is 5.96 Å². The van der Waals surface area contributed by atoms with Crippen molar-refractivity contribution in [2.24, 2.45) is 12.0 Å². The molecule has 1 aromatic heterocycles. The molecule has 2 heterocycles. The summed E-state index contributed by atoms with van der Waals surface area (Å²) in [4.78, 5) is 6.71. The molecule has 2 N–H and O–H groups in total. The second kappa shape index (κ2) is 9.42. The number of aromatic nitrogens is 2. The highest BCUT2D eigenvalue weighted by molar-refractivity contribution is 5.79. The summed E-state index contributed by atoms with van der Waals surface area (Å²) in [5, 5.41) is 10.8. The fourth-order valence-corrected chi connectivity index (χ4v) is 2.46. The molecular formula is C15H28N6O. The molecule has 22 heavy (non-hydrogen) atoms. The average molecular weight is 308 g/mol. The Labute approximate surface area is 132 Å². The van der Waals surface area contributed by atoms with E-state index < -0.39 is 0 Å². The Balaban J connectivity index is 1.55. The standard InChI is InChI=1S/C15H28N6O/c1-16-15(18-13-14-5-7-19-20(14)2)17-6-3-4-8-21-9-11-22-12-10-21/h5,7H,3-4,6,8-13H2,1-2H3,(H2,16,17,18). The van der Waals surface area contributed by atoms with Gasteiger partial charge in [-0.15, -0.1) is 0 Å². The molecule has 1 fully saturated rings. The summed E-state index contributed by atoms with van der Waals surface area (Å²) < 4.78 is 7.22. The molecule has 0 amide bonds. The number of hydrogen-bond donors (Lipinski definition) is 2. The Morgan fingerprint density at radius 3 is 2.82 bits per heavy atom. The summed E-state index contributed by atoms with van der Waals surface area (Å²) >= 11 is 0. The largest absolute Gasteiger partial charge is 0.379 e. The van der Waals surface area contributed by atoms with E-state index in [0.29, 0.717) is 0 Å². The first kappa shape index (κ1) is 16.8. The van der Waals surface area contributed by atoms with E-state index in [-0.39, 0.29) is 0 Å². The lowest BCUT2D eigenvalue weighted by atomic mass is 10.3. The highest BCUT2D eigenvalue weighted by atomic mass is 16.5. The predicted molar refractivity (Wildman–Crippen MR) is 87.9 cm³/mol. The van der Waals surface area contributed by atoms with Crippen molar-refractivity contribution in [2.75, 3.05) is 46.4 Å². The maximum absolute atomic E-state index is 5.35. The van der Waals surface area contributed by atoms with Crippen LogP contribution >= 0.6 is 0 Å². The molecule has 0 saturated carbocycles. The van der Waals surface area contributed by atoms with Gasteiger partial charge in [0, 0.05) is 39.9 Å². The Kier molecular flexibility index (Phi) is 7.18. The van der Waals surface area contributed by atoms with Crippen LogP contribution in [0.3, 0.4) is 0 Å². The van der Waals surface area contributed by atoms with Crippen molar-refractivity contribution in [1.29, 1.82) is 0 Å². The highest BCUT2D eigenvalue weighted by Gasteiger charge is 2.09. The van der Waals surface area contributed by atoms with Crippen molar-refractivity contribution in [1.82, 2.24) is 25.3 Å². The van der Waals surface area contributed by atoms with E-state index in [1.807, 2.05) is 17.8 Å². The van der Waals surface area contributed by atoms with E-state index in [2.05, 4.69) is 25.6 Å². The van der Waals surface area contributed by atoms with Crippen LogP contribution in [0.4, 0.5) is 0 Å². The number of hydrogen-bond acceptors (Lipinski definition) is 4. The van der Waals surface area contributed by atoms with Crippen LogP contribution < -0.4 is 10.6 Å². The van der Waals surface area contributed by atoms with Gasteiger partial charge in [0.25, 0.3) is 0 Å². The van der Waals surface area contributed by atoms with Gasteiger partial charge in [0.1, 0.15) is 0 Å². The second-order valence-electron chi connectivity index (χ2n) is 5.46. The van der Waals surface area contributed by atoms with Crippen molar-refractivity contribution in [3.63, 3.8) is 0 Å². The molecule has 0 bridgehead atoms. The van der Waals surface area contributed by atoms with Crippen molar-refractivity contribution in [3.8, 4) is 0 Å². The Bertz CT molecular complexity index is 453. The van der Waals surface area contributed by atoms with Gasteiger partial charge in [-0.25, -0.2) is 0 Å². The third-order valence-electron chi connectivity index (χ3n) is 3.88. The third kappa shape index (κ3) is 5.65. The van der Waals surface area contributed by atoms with Gasteiger partial charge in [0.2, 0.25) is 0 Å². The van der Waals surface area contributed by atoms with Gasteiger partial charge in [-0.05, 0) is 25.5 Å². The van der Waals surface area contributed by atoms with Crippen LogP contribution in [0.5, 0.6) is 0 Å². The number of nitrogens with zero attached hydrogens (tertiary/aromatic N) is 4. The molecule has 1 aliphatic rings. The second-order valence-corrected chi connectivity index (χ2v) is 5.46. The SMILES string of the molecule is CN=C(NCCCCN1CCOCC1)NCc1ccnn1C. The summed E-state index contributed by atoms with van der Waals surface area (Å²) in [6, 6.07) is 2.00. The van der Waals surface area contributed by atoms with Crippen molar-refractivity contribution < 1.29 is 4.74 Å². The van der Waals surface area contributed by atoms with Crippen LogP contribution in [0, 0.1) is 0 Å². The van der Waals surface area contributed by atoms with Crippen LogP contribution in [0.15, 0.2) is 17.3 Å². The van der Waals surface area contributed by atoms with E-state index in [1.165, 1.54) is 6.42 Å². The van der Waals surface area contributed by atoms with Crippen LogP contribution in [-0.4, -0.2) is 67.1 Å². The quantitative estimate of drug-likeness (QED) is 0.428. The molecule has 0 aliphatic carbocycles. The number of nitrogens with one attached hydrogen (secondary N) is 2. The number of ether oxygens (including phenoxy) is 1. The minimum Gasteiger partial charge on any atom is -0.379 e. The minimum absolute atomic E-state index is 0.726. The Hall–Kier alpha value is -1.60. The van der Waals surface area contributed by atoms with Gasteiger partial charge >= 0.3 is 0 Å². The lowest BCUT2D eigenvalue weighted by Gasteiger charge is -2.26. The van der Waals surface area contributed by atoms with Gasteiger partial charge in [-0.3, -0.25) is 14.6 Å². The molecule has 0 unspecified atom stereocenters. The summed E-state index contributed by atoms with van der Waals surface area (Å²) in [6.07, 6.45) is 4.15. The molecule has 0 aromatic carbocycles. The first-order valence-electron chi connectivity index (χ1n) is 8.01. The van der Waals surface area contributed by atoms with Crippen LogP contribution in [0.25, 0.3) is 0 Å². The molecular weight excluding hydrogens is 280 g/mol. The zero-order valence-corrected chi connectivity index (χ0v) is 13.7. The van der Waals surface area contributed by atoms with E-state index >= 15 is 0 Å². The van der Waals surface area contributed by atoms with Crippen molar-refractivity contribution in [3.05, 3.63) is 18.0 Å². The Morgan fingerprint density at radius 1 is 1.32 bits per heavy atom. The molecule has 1 aromatic rings. The molecule has 1 saturated heterocycles. The highest BCUT2D eigenvalue weighted by Crippen LogP contribution is 1.99. The average Bonchev–Trinajstić information content (AvgIpc) is 2.96. The van der Waals surface area contributed by atoms with Crippen LogP contribution in [0.2, 0.25) is 0 Å². The van der Waals surface area contributed by atoms with Crippen LogP contribution in [0.1, 0.15) is 18.5 Å². The van der Waals surface area contributed by atoms with Crippen molar-refractivity contribution in [2.45, 2.75) is 19.4 Å². The predicted octanol–water partition coefficient (Wildman–Crippen LogP) is 0.198. The molecule has 124 valence electrons. The fraction of sp³-hybridized carbons (Fsp3) is 0.733. The topological polar surface area (TPSA) is 66.7 Å². The molecule has 7 heteroatoms. The summed E-state index contributed by atoms with van der Waals surface area (Å²) in [5.74, 6) is 0.840. The van der Waals surface area contributed by atoms with E-state index in [0.717, 1.165) is 64.0 Å². The number of morpholine rings is 1. The number of aryl methyl sites for hydroxylation is 1. The molecule has 0 spiro atoms. The maximum atomic E-state index is 5.35. The molecule has 2 rings (SSSR count). The smallest absolute Gasteiger partial charge is 0.191 e. The first-order valence-corrected chi connectivity index (χ1v) is 8.01. The fourth-order valence-electron chi connectivity index (χ4n) is 2.46. The maximum Gasteiger partial charge on any atom is 0.191 e. The van der Waals surface area contributed by atoms with Crippen LogP contribution in [-0.2, 0) is 18.3 Å². The molecule has 0 atom stereocenters. The molecule has 0 radical (unpaired) electrons. The normalized spacial score (nSPS) is 16.7. The zero-order valence-electron chi connectivity index (χ0n) is 13.7. The first-order chi connectivity index (χ1) is 10.8. The lowest BCUT2D eigenvalue weighted by molar-refractivity contribution is 0.0372. The monoisotopic (exact) mass is 308 g/mol. The minimum atomic E-state index is 0.726. The van der Waals surface area contributed by atoms with Gasteiger partial charge in [0.15, 0.2) is 5.96 Å². The summed E-state index contributed by atoms with van der Waals surface area (Å²) in [5.41, 5.74) is 1.13. The zero-order chi connectivity index (χ0) is 15.6. The van der Waals surface area contributed by atoms with Gasteiger partial charge in [-0.1, -0.05) is 0 Å². The third-order valence-corrected chi connectivity index (χ3v) is 3.88. The molecule has 1 aliphatic heterocycles. The summed E-state index contributed by atoms with van der Waals surface area (Å²) in [7, 11) is 3.74. The Morgan fingerprint density at radius 2 is 2.14 bits per heavy atom. The van der Waals surface area contributed by atoms with E-state index in [9.17, 15) is 0 Å². The number of rotatable bonds is 7. The van der Waals surface area contributed by atoms with E-state index in [4.69, 9.17) is 4.74 Å². The number of aliphatic imine (C=N–C) groups is 1. The summed E-state index contributed by atoms with van der Waals surface area (Å²) in [6.45, 7) is 6.72. The van der Waals surface area contributed by atoms with E-state index in [1.54, 1.807) is 13.2 Å². The van der Waals surface area contributed by atoms with Gasteiger partial charge in [-0.2, -0.15) is 5.10 Å². The number of unbranched alkanes of at least 4 members (excludes halogenated alkanes) is 1. The number of guanidine groups is 1. The van der Waals surface area contributed by atoms with Gasteiger partial charge < -0.3 is 15.4 Å².